The first-order chi connectivity index (χ1) is 6.95. The first-order valence-corrected chi connectivity index (χ1v) is 4.92. The summed E-state index contributed by atoms with van der Waals surface area (Å²) in [5.41, 5.74) is 0.456. The molecule has 2 aliphatic heterocycles. The molecule has 0 aromatic heterocycles. The summed E-state index contributed by atoms with van der Waals surface area (Å²) in [5.74, 6) is -1.36. The van der Waals surface area contributed by atoms with Crippen LogP contribution < -0.4 is 0 Å². The van der Waals surface area contributed by atoms with Gasteiger partial charge in [0.1, 0.15) is 5.70 Å². The molecule has 2 rings (SSSR count). The van der Waals surface area contributed by atoms with Crippen LogP contribution in [0.5, 0.6) is 0 Å². The molecule has 1 fully saturated rings. The molecule has 0 aliphatic carbocycles. The van der Waals surface area contributed by atoms with Gasteiger partial charge in [0.25, 0.3) is 0 Å². The van der Waals surface area contributed by atoms with Gasteiger partial charge in [-0.05, 0) is 12.5 Å². The number of fused-ring (bicyclic) bond motifs is 1. The van der Waals surface area contributed by atoms with E-state index < -0.39 is 12.1 Å². The minimum Gasteiger partial charge on any atom is -0.477 e. The van der Waals surface area contributed by atoms with Crippen LogP contribution in [0.3, 0.4) is 0 Å². The third kappa shape index (κ3) is 1.19. The molecule has 0 aromatic rings. The largest absolute Gasteiger partial charge is 0.477 e. The van der Waals surface area contributed by atoms with Gasteiger partial charge in [0.05, 0.1) is 12.1 Å². The highest BCUT2D eigenvalue weighted by molar-refractivity contribution is 5.98. The summed E-state index contributed by atoms with van der Waals surface area (Å²) in [4.78, 5) is 23.6. The molecule has 0 radical (unpaired) electrons. The molecule has 0 aromatic carbocycles. The molecular weight excluding hydrogens is 198 g/mol. The van der Waals surface area contributed by atoms with Crippen molar-refractivity contribution in [3.8, 4) is 0 Å². The fourth-order valence-corrected chi connectivity index (χ4v) is 2.50. The van der Waals surface area contributed by atoms with Gasteiger partial charge in [0.2, 0.25) is 5.91 Å². The number of carboxylic acid groups (broad SMARTS) is 1. The van der Waals surface area contributed by atoms with Gasteiger partial charge in [0.15, 0.2) is 0 Å². The summed E-state index contributed by atoms with van der Waals surface area (Å²) < 4.78 is 0. The van der Waals surface area contributed by atoms with E-state index in [4.69, 9.17) is 5.11 Å². The molecule has 3 atom stereocenters. The van der Waals surface area contributed by atoms with Crippen LogP contribution in [0.1, 0.15) is 20.3 Å². The minimum atomic E-state index is -1.13. The summed E-state index contributed by atoms with van der Waals surface area (Å²) in [6, 6.07) is -0.0619. The average Bonchev–Trinajstić information content (AvgIpc) is 2.34. The SMILES string of the molecule is CC1C([C@@H](C)O)=C(C(=O)O)N2C(=O)CC12. The average molecular weight is 211 g/mol. The minimum absolute atomic E-state index is 0.0150. The van der Waals surface area contributed by atoms with E-state index in [-0.39, 0.29) is 23.6 Å². The van der Waals surface area contributed by atoms with Crippen LogP contribution in [0, 0.1) is 5.92 Å². The number of hydrogen-bond donors (Lipinski definition) is 2. The van der Waals surface area contributed by atoms with Crippen molar-refractivity contribution in [3.05, 3.63) is 11.3 Å². The van der Waals surface area contributed by atoms with Crippen molar-refractivity contribution in [1.82, 2.24) is 4.90 Å². The van der Waals surface area contributed by atoms with Gasteiger partial charge in [-0.15, -0.1) is 0 Å². The van der Waals surface area contributed by atoms with Crippen LogP contribution in [0.15, 0.2) is 11.3 Å². The topological polar surface area (TPSA) is 77.8 Å². The van der Waals surface area contributed by atoms with E-state index in [1.54, 1.807) is 0 Å². The molecule has 2 aliphatic rings. The monoisotopic (exact) mass is 211 g/mol. The third-order valence-electron chi connectivity index (χ3n) is 3.22. The second-order valence-corrected chi connectivity index (χ2v) is 4.11. The van der Waals surface area contributed by atoms with Gasteiger partial charge in [-0.3, -0.25) is 4.79 Å². The second kappa shape index (κ2) is 3.06. The fourth-order valence-electron chi connectivity index (χ4n) is 2.50. The van der Waals surface area contributed by atoms with Crippen molar-refractivity contribution < 1.29 is 19.8 Å². The number of aliphatic hydroxyl groups excluding tert-OH is 1. The van der Waals surface area contributed by atoms with Crippen LogP contribution in [0.25, 0.3) is 0 Å². The van der Waals surface area contributed by atoms with Crippen molar-refractivity contribution in [2.75, 3.05) is 0 Å². The molecule has 15 heavy (non-hydrogen) atoms. The molecule has 0 bridgehead atoms. The van der Waals surface area contributed by atoms with Gasteiger partial charge in [-0.1, -0.05) is 6.92 Å². The van der Waals surface area contributed by atoms with E-state index in [2.05, 4.69) is 0 Å². The smallest absolute Gasteiger partial charge is 0.352 e. The van der Waals surface area contributed by atoms with Gasteiger partial charge in [-0.2, -0.15) is 0 Å². The molecule has 2 heterocycles. The van der Waals surface area contributed by atoms with Gasteiger partial charge in [-0.25, -0.2) is 4.79 Å². The summed E-state index contributed by atoms with van der Waals surface area (Å²) in [7, 11) is 0. The number of amides is 1. The van der Waals surface area contributed by atoms with Crippen molar-refractivity contribution in [1.29, 1.82) is 0 Å². The lowest BCUT2D eigenvalue weighted by Crippen LogP contribution is -2.51. The summed E-state index contributed by atoms with van der Waals surface area (Å²) >= 11 is 0. The number of hydrogen-bond acceptors (Lipinski definition) is 3. The van der Waals surface area contributed by atoms with Gasteiger partial charge >= 0.3 is 5.97 Å². The quantitative estimate of drug-likeness (QED) is 0.628. The van der Waals surface area contributed by atoms with Crippen molar-refractivity contribution >= 4 is 11.9 Å². The molecule has 2 N–H and O–H groups in total. The summed E-state index contributed by atoms with van der Waals surface area (Å²) in [5, 5.41) is 18.6. The number of carboxylic acids is 1. The maximum Gasteiger partial charge on any atom is 0.352 e. The van der Waals surface area contributed by atoms with Crippen LogP contribution >= 0.6 is 0 Å². The number of β-lactam (4-membered cyclic amide) rings is 1. The Bertz CT molecular complexity index is 372. The lowest BCUT2D eigenvalue weighted by atomic mass is 9.88. The Hall–Kier alpha value is -1.36. The predicted molar refractivity (Wildman–Crippen MR) is 50.8 cm³/mol. The molecular formula is C10H13NO4. The predicted octanol–water partition coefficient (Wildman–Crippen LogP) is -0.0435. The van der Waals surface area contributed by atoms with E-state index >= 15 is 0 Å². The normalized spacial score (nSPS) is 31.4. The van der Waals surface area contributed by atoms with E-state index in [1.807, 2.05) is 6.92 Å². The van der Waals surface area contributed by atoms with Crippen molar-refractivity contribution in [2.24, 2.45) is 5.92 Å². The lowest BCUT2D eigenvalue weighted by molar-refractivity contribution is -0.148. The van der Waals surface area contributed by atoms with Crippen LogP contribution in [-0.2, 0) is 9.59 Å². The van der Waals surface area contributed by atoms with E-state index in [0.717, 1.165) is 0 Å². The summed E-state index contributed by atoms with van der Waals surface area (Å²) in [6.07, 6.45) is -0.432. The first-order valence-electron chi connectivity index (χ1n) is 4.92. The number of aliphatic hydroxyl groups is 1. The molecule has 0 spiro atoms. The third-order valence-corrected chi connectivity index (χ3v) is 3.22. The highest BCUT2D eigenvalue weighted by atomic mass is 16.4. The molecule has 5 heteroatoms. The first kappa shape index (κ1) is 10.2. The maximum absolute atomic E-state index is 11.3. The maximum atomic E-state index is 11.3. The number of aliphatic carboxylic acids is 1. The van der Waals surface area contributed by atoms with Crippen LogP contribution in [0.4, 0.5) is 0 Å². The Morgan fingerprint density at radius 3 is 2.60 bits per heavy atom. The number of carbonyl (C=O) groups is 2. The van der Waals surface area contributed by atoms with Crippen molar-refractivity contribution in [3.63, 3.8) is 0 Å². The fraction of sp³-hybridized carbons (Fsp3) is 0.600. The Balaban J connectivity index is 2.47. The zero-order valence-electron chi connectivity index (χ0n) is 8.60. The number of nitrogens with zero attached hydrogens (tertiary/aromatic N) is 1. The van der Waals surface area contributed by atoms with Gasteiger partial charge in [0, 0.05) is 12.3 Å². The highest BCUT2D eigenvalue weighted by Crippen LogP contribution is 2.43. The van der Waals surface area contributed by atoms with E-state index in [0.29, 0.717) is 12.0 Å². The van der Waals surface area contributed by atoms with E-state index in [9.17, 15) is 14.7 Å². The molecule has 5 nitrogen and oxygen atoms in total. The molecule has 2 unspecified atom stereocenters. The highest BCUT2D eigenvalue weighted by Gasteiger charge is 2.52. The van der Waals surface area contributed by atoms with Crippen LogP contribution in [0.2, 0.25) is 0 Å². The molecule has 82 valence electrons. The zero-order chi connectivity index (χ0) is 11.3. The molecule has 1 amide bonds. The van der Waals surface area contributed by atoms with Crippen molar-refractivity contribution in [2.45, 2.75) is 32.4 Å². The second-order valence-electron chi connectivity index (χ2n) is 4.11. The van der Waals surface area contributed by atoms with Gasteiger partial charge < -0.3 is 15.1 Å². The molecule has 0 saturated carbocycles. The number of rotatable bonds is 2. The Morgan fingerprint density at radius 2 is 2.20 bits per heavy atom. The zero-order valence-corrected chi connectivity index (χ0v) is 8.60. The summed E-state index contributed by atoms with van der Waals surface area (Å²) in [6.45, 7) is 3.38. The Labute approximate surface area is 87.0 Å². The van der Waals surface area contributed by atoms with E-state index in [1.165, 1.54) is 11.8 Å². The number of carbonyl (C=O) groups excluding carboxylic acids is 1. The Kier molecular flexibility index (Phi) is 2.08. The standard InChI is InChI=1S/C10H13NO4/c1-4-6-3-7(13)11(6)9(10(14)15)8(4)5(2)12/h4-6,12H,3H2,1-2H3,(H,14,15)/t4?,5-,6?/m1/s1. The lowest BCUT2D eigenvalue weighted by Gasteiger charge is -2.37. The molecule has 1 saturated heterocycles. The van der Waals surface area contributed by atoms with Crippen LogP contribution in [-0.4, -0.2) is 39.1 Å². The Morgan fingerprint density at radius 1 is 1.60 bits per heavy atom.